The van der Waals surface area contributed by atoms with Crippen LogP contribution in [0.2, 0.25) is 6.55 Å². The number of hydrogen-bond acceptors (Lipinski definition) is 1. The van der Waals surface area contributed by atoms with Gasteiger partial charge in [-0.25, -0.2) is 0 Å². The lowest BCUT2D eigenvalue weighted by molar-refractivity contribution is 0.307. The molecule has 1 nitrogen and oxygen atoms in total. The molecule has 3 aromatic carbocycles. The first kappa shape index (κ1) is 16.2. The fourth-order valence-electron chi connectivity index (χ4n) is 2.68. The molecule has 0 atom stereocenters. The van der Waals surface area contributed by atoms with Gasteiger partial charge in [-0.15, -0.1) is 0 Å². The lowest BCUT2D eigenvalue weighted by Gasteiger charge is -2.28. The maximum Gasteiger partial charge on any atom is 0.253 e. The highest BCUT2D eigenvalue weighted by molar-refractivity contribution is 9.10. The Morgan fingerprint density at radius 2 is 1.22 bits per heavy atom. The maximum absolute atomic E-state index is 6.58. The first-order valence-corrected chi connectivity index (χ1v) is 10.9. The molecule has 0 unspecified atom stereocenters. The average molecular weight is 383 g/mol. The van der Waals surface area contributed by atoms with Crippen LogP contribution in [0.5, 0.6) is 0 Å². The van der Waals surface area contributed by atoms with Gasteiger partial charge < -0.3 is 4.43 Å². The quantitative estimate of drug-likeness (QED) is 0.595. The fraction of sp³-hybridized carbons (Fsp3) is 0.100. The molecule has 0 radical (unpaired) electrons. The molecule has 3 rings (SSSR count). The molecule has 0 amide bonds. The summed E-state index contributed by atoms with van der Waals surface area (Å²) in [5, 5.41) is 2.58. The summed E-state index contributed by atoms with van der Waals surface area (Å²) in [5.41, 5.74) is 1.18. The molecule has 0 N–H and O–H groups in total. The Kier molecular flexibility index (Phi) is 5.11. The van der Waals surface area contributed by atoms with Crippen LogP contribution in [0.4, 0.5) is 0 Å². The highest BCUT2D eigenvalue weighted by Gasteiger charge is 2.34. The molecular formula is C20H19BrOSi. The van der Waals surface area contributed by atoms with Crippen LogP contribution in [-0.2, 0) is 11.0 Å². The van der Waals surface area contributed by atoms with Crippen molar-refractivity contribution >= 4 is 34.6 Å². The van der Waals surface area contributed by atoms with Crippen molar-refractivity contribution in [3.8, 4) is 0 Å². The van der Waals surface area contributed by atoms with E-state index < -0.39 is 8.32 Å². The van der Waals surface area contributed by atoms with Crippen LogP contribution in [0.25, 0.3) is 0 Å². The molecular weight excluding hydrogens is 364 g/mol. The lowest BCUT2D eigenvalue weighted by Crippen LogP contribution is -2.58. The van der Waals surface area contributed by atoms with Gasteiger partial charge in [0.1, 0.15) is 0 Å². The minimum atomic E-state index is -2.23. The molecule has 0 saturated heterocycles. The minimum absolute atomic E-state index is 0.605. The third-order valence-electron chi connectivity index (χ3n) is 4.12. The second-order valence-electron chi connectivity index (χ2n) is 5.65. The maximum atomic E-state index is 6.58. The standard InChI is InChI=1S/C20H19BrOSi/c1-23(18-11-4-2-5-12-18,19-13-6-3-7-14-19)22-16-17-10-8-9-15-20(17)21/h2-15H,16H2,1H3. The summed E-state index contributed by atoms with van der Waals surface area (Å²) in [6.07, 6.45) is 0. The molecule has 0 saturated carbocycles. The van der Waals surface area contributed by atoms with Crippen LogP contribution in [-0.4, -0.2) is 8.32 Å². The number of hydrogen-bond donors (Lipinski definition) is 0. The Labute approximate surface area is 147 Å². The predicted octanol–water partition coefficient (Wildman–Crippen LogP) is 4.36. The molecule has 0 bridgehead atoms. The van der Waals surface area contributed by atoms with E-state index in [2.05, 4.69) is 95.3 Å². The summed E-state index contributed by atoms with van der Waals surface area (Å²) >= 11 is 3.61. The van der Waals surface area contributed by atoms with Crippen LogP contribution in [0.15, 0.2) is 89.4 Å². The molecule has 0 aliphatic carbocycles. The van der Waals surface area contributed by atoms with E-state index in [9.17, 15) is 0 Å². The highest BCUT2D eigenvalue weighted by atomic mass is 79.9. The van der Waals surface area contributed by atoms with Crippen molar-refractivity contribution in [3.05, 3.63) is 95.0 Å². The van der Waals surface area contributed by atoms with Crippen LogP contribution in [0, 0.1) is 0 Å². The molecule has 0 aromatic heterocycles. The van der Waals surface area contributed by atoms with Crippen molar-refractivity contribution in [2.75, 3.05) is 0 Å². The summed E-state index contributed by atoms with van der Waals surface area (Å²) in [5.74, 6) is 0. The van der Waals surface area contributed by atoms with E-state index in [4.69, 9.17) is 4.43 Å². The largest absolute Gasteiger partial charge is 0.404 e. The summed E-state index contributed by atoms with van der Waals surface area (Å²) in [7, 11) is -2.23. The van der Waals surface area contributed by atoms with Gasteiger partial charge in [-0.2, -0.15) is 0 Å². The SMILES string of the molecule is C[Si](OCc1ccccc1Br)(c1ccccc1)c1ccccc1. The van der Waals surface area contributed by atoms with Crippen LogP contribution in [0.3, 0.4) is 0 Å². The van der Waals surface area contributed by atoms with Gasteiger partial charge in [-0.1, -0.05) is 94.8 Å². The van der Waals surface area contributed by atoms with E-state index in [1.165, 1.54) is 15.9 Å². The topological polar surface area (TPSA) is 9.23 Å². The third-order valence-corrected chi connectivity index (χ3v) is 8.49. The van der Waals surface area contributed by atoms with Gasteiger partial charge in [0.2, 0.25) is 0 Å². The summed E-state index contributed by atoms with van der Waals surface area (Å²) < 4.78 is 7.67. The first-order valence-electron chi connectivity index (χ1n) is 7.68. The molecule has 23 heavy (non-hydrogen) atoms. The molecule has 0 aliphatic rings. The van der Waals surface area contributed by atoms with Crippen molar-refractivity contribution in [2.24, 2.45) is 0 Å². The summed E-state index contributed by atoms with van der Waals surface area (Å²) in [4.78, 5) is 0. The Morgan fingerprint density at radius 1 is 0.739 bits per heavy atom. The first-order chi connectivity index (χ1) is 11.2. The molecule has 0 heterocycles. The molecule has 3 heteroatoms. The normalized spacial score (nSPS) is 11.4. The highest BCUT2D eigenvalue weighted by Crippen LogP contribution is 2.19. The average Bonchev–Trinajstić information content (AvgIpc) is 2.62. The van der Waals surface area contributed by atoms with E-state index in [1.54, 1.807) is 0 Å². The number of rotatable bonds is 5. The molecule has 116 valence electrons. The van der Waals surface area contributed by atoms with E-state index >= 15 is 0 Å². The van der Waals surface area contributed by atoms with Crippen LogP contribution < -0.4 is 10.4 Å². The van der Waals surface area contributed by atoms with E-state index in [0.717, 1.165) is 4.47 Å². The van der Waals surface area contributed by atoms with E-state index in [1.807, 2.05) is 12.1 Å². The predicted molar refractivity (Wildman–Crippen MR) is 103 cm³/mol. The molecule has 0 aliphatic heterocycles. The van der Waals surface area contributed by atoms with Gasteiger partial charge in [0.15, 0.2) is 0 Å². The summed E-state index contributed by atoms with van der Waals surface area (Å²) in [6.45, 7) is 2.88. The van der Waals surface area contributed by atoms with Crippen molar-refractivity contribution in [3.63, 3.8) is 0 Å². The zero-order chi connectivity index (χ0) is 16.1. The monoisotopic (exact) mass is 382 g/mol. The van der Waals surface area contributed by atoms with Crippen LogP contribution in [0.1, 0.15) is 5.56 Å². The zero-order valence-electron chi connectivity index (χ0n) is 13.1. The second-order valence-corrected chi connectivity index (χ2v) is 10.0. The van der Waals surface area contributed by atoms with Crippen molar-refractivity contribution in [1.29, 1.82) is 0 Å². The summed E-state index contributed by atoms with van der Waals surface area (Å²) in [6, 6.07) is 29.4. The van der Waals surface area contributed by atoms with Gasteiger partial charge in [-0.05, 0) is 28.6 Å². The van der Waals surface area contributed by atoms with Gasteiger partial charge in [-0.3, -0.25) is 0 Å². The second kappa shape index (κ2) is 7.26. The Morgan fingerprint density at radius 3 is 1.74 bits per heavy atom. The van der Waals surface area contributed by atoms with Gasteiger partial charge in [0.05, 0.1) is 6.61 Å². The Bertz CT molecular complexity index is 719. The van der Waals surface area contributed by atoms with E-state index in [0.29, 0.717) is 6.61 Å². The smallest absolute Gasteiger partial charge is 0.253 e. The van der Waals surface area contributed by atoms with Crippen molar-refractivity contribution < 1.29 is 4.43 Å². The number of halogens is 1. The van der Waals surface area contributed by atoms with Crippen LogP contribution >= 0.6 is 15.9 Å². The molecule has 0 fully saturated rings. The minimum Gasteiger partial charge on any atom is -0.404 e. The van der Waals surface area contributed by atoms with E-state index in [-0.39, 0.29) is 0 Å². The van der Waals surface area contributed by atoms with Gasteiger partial charge in [0.25, 0.3) is 8.32 Å². The lowest BCUT2D eigenvalue weighted by atomic mass is 10.2. The Balaban J connectivity index is 1.95. The van der Waals surface area contributed by atoms with Crippen molar-refractivity contribution in [1.82, 2.24) is 0 Å². The molecule has 0 spiro atoms. The molecule has 3 aromatic rings. The van der Waals surface area contributed by atoms with Gasteiger partial charge >= 0.3 is 0 Å². The van der Waals surface area contributed by atoms with Crippen molar-refractivity contribution in [2.45, 2.75) is 13.2 Å². The third kappa shape index (κ3) is 3.63. The zero-order valence-corrected chi connectivity index (χ0v) is 15.7. The van der Waals surface area contributed by atoms with Gasteiger partial charge in [0, 0.05) is 4.47 Å². The Hall–Kier alpha value is -1.68. The number of benzene rings is 3. The fourth-order valence-corrected chi connectivity index (χ4v) is 5.85.